The fourth-order valence-corrected chi connectivity index (χ4v) is 1.87. The third kappa shape index (κ3) is 4.12. The van der Waals surface area contributed by atoms with Crippen LogP contribution in [0.25, 0.3) is 0 Å². The monoisotopic (exact) mass is 253 g/mol. The third-order valence-corrected chi connectivity index (χ3v) is 2.70. The molecule has 17 heavy (non-hydrogen) atoms. The molecule has 1 aromatic heterocycles. The predicted molar refractivity (Wildman–Crippen MR) is 63.1 cm³/mol. The number of nitrogens with zero attached hydrogens (tertiary/aromatic N) is 1. The number of carboxylic acid groups (broad SMARTS) is 1. The van der Waals surface area contributed by atoms with Gasteiger partial charge in [0.15, 0.2) is 0 Å². The number of unbranched alkanes of at least 4 members (excludes halogenated alkanes) is 1. The highest BCUT2D eigenvalue weighted by atomic mass is 32.1. The Morgan fingerprint density at radius 1 is 1.53 bits per heavy atom. The van der Waals surface area contributed by atoms with Gasteiger partial charge in [0.25, 0.3) is 0 Å². The zero-order chi connectivity index (χ0) is 12.7. The SMILES string of the molecule is N#CCCCNC(=O)Nc1sccc1C(=O)O. The van der Waals surface area contributed by atoms with Crippen molar-refractivity contribution in [2.45, 2.75) is 12.8 Å². The Morgan fingerprint density at radius 3 is 2.94 bits per heavy atom. The van der Waals surface area contributed by atoms with E-state index in [4.69, 9.17) is 10.4 Å². The maximum absolute atomic E-state index is 11.4. The molecule has 0 fully saturated rings. The number of aromatic carboxylic acids is 1. The van der Waals surface area contributed by atoms with Gasteiger partial charge >= 0.3 is 12.0 Å². The number of amides is 2. The normalized spacial score (nSPS) is 9.35. The van der Waals surface area contributed by atoms with Crippen LogP contribution < -0.4 is 10.6 Å². The van der Waals surface area contributed by atoms with Crippen LogP contribution in [0, 0.1) is 11.3 Å². The lowest BCUT2D eigenvalue weighted by molar-refractivity contribution is 0.0698. The van der Waals surface area contributed by atoms with Gasteiger partial charge in [0.1, 0.15) is 5.00 Å². The van der Waals surface area contributed by atoms with Gasteiger partial charge in [0.05, 0.1) is 11.6 Å². The molecule has 90 valence electrons. The van der Waals surface area contributed by atoms with E-state index < -0.39 is 12.0 Å². The van der Waals surface area contributed by atoms with Gasteiger partial charge in [-0.3, -0.25) is 5.32 Å². The molecule has 1 heterocycles. The number of carbonyl (C=O) groups is 2. The van der Waals surface area contributed by atoms with Gasteiger partial charge in [-0.2, -0.15) is 5.26 Å². The largest absolute Gasteiger partial charge is 0.478 e. The minimum Gasteiger partial charge on any atom is -0.478 e. The Balaban J connectivity index is 2.43. The molecular weight excluding hydrogens is 242 g/mol. The van der Waals surface area contributed by atoms with Crippen LogP contribution in [0.15, 0.2) is 11.4 Å². The second-order valence-corrected chi connectivity index (χ2v) is 4.03. The topological polar surface area (TPSA) is 102 Å². The zero-order valence-corrected chi connectivity index (χ0v) is 9.71. The van der Waals surface area contributed by atoms with E-state index in [0.717, 1.165) is 11.3 Å². The lowest BCUT2D eigenvalue weighted by Crippen LogP contribution is -2.29. The summed E-state index contributed by atoms with van der Waals surface area (Å²) in [5, 5.41) is 24.0. The van der Waals surface area contributed by atoms with E-state index in [9.17, 15) is 9.59 Å². The first-order chi connectivity index (χ1) is 8.15. The molecule has 3 N–H and O–H groups in total. The number of hydrogen-bond acceptors (Lipinski definition) is 4. The number of carbonyl (C=O) groups excluding carboxylic acids is 1. The smallest absolute Gasteiger partial charge is 0.338 e. The second-order valence-electron chi connectivity index (χ2n) is 3.11. The first-order valence-corrected chi connectivity index (χ1v) is 5.75. The minimum atomic E-state index is -1.08. The predicted octanol–water partition coefficient (Wildman–Crippen LogP) is 1.87. The number of nitriles is 1. The number of rotatable bonds is 5. The average Bonchev–Trinajstić information content (AvgIpc) is 2.72. The van der Waals surface area contributed by atoms with E-state index in [1.165, 1.54) is 6.07 Å². The molecule has 0 saturated heterocycles. The summed E-state index contributed by atoms with van der Waals surface area (Å²) in [5.41, 5.74) is 0.0715. The van der Waals surface area contributed by atoms with Crippen LogP contribution in [0.5, 0.6) is 0 Å². The molecule has 0 aromatic carbocycles. The second kappa shape index (κ2) is 6.50. The van der Waals surface area contributed by atoms with Crippen molar-refractivity contribution < 1.29 is 14.7 Å². The lowest BCUT2D eigenvalue weighted by atomic mass is 10.3. The van der Waals surface area contributed by atoms with Gasteiger partial charge in [-0.05, 0) is 17.9 Å². The number of nitrogens with one attached hydrogen (secondary N) is 2. The van der Waals surface area contributed by atoms with Crippen molar-refractivity contribution in [3.8, 4) is 6.07 Å². The first kappa shape index (κ1) is 13.0. The summed E-state index contributed by atoms with van der Waals surface area (Å²) in [7, 11) is 0. The highest BCUT2D eigenvalue weighted by molar-refractivity contribution is 7.14. The highest BCUT2D eigenvalue weighted by Crippen LogP contribution is 2.22. The van der Waals surface area contributed by atoms with E-state index in [1.807, 2.05) is 6.07 Å². The number of urea groups is 1. The molecule has 1 rings (SSSR count). The molecule has 6 nitrogen and oxygen atoms in total. The quantitative estimate of drug-likeness (QED) is 0.697. The summed E-state index contributed by atoms with van der Waals surface area (Å²) in [6, 6.07) is 2.93. The average molecular weight is 253 g/mol. The number of thiophene rings is 1. The molecule has 7 heteroatoms. The Labute approximate surface area is 102 Å². The van der Waals surface area contributed by atoms with Crippen LogP contribution in [-0.4, -0.2) is 23.7 Å². The first-order valence-electron chi connectivity index (χ1n) is 4.87. The van der Waals surface area contributed by atoms with E-state index >= 15 is 0 Å². The summed E-state index contributed by atoms with van der Waals surface area (Å²) in [6.45, 7) is 0.382. The van der Waals surface area contributed by atoms with Crippen LogP contribution in [0.1, 0.15) is 23.2 Å². The summed E-state index contributed by atoms with van der Waals surface area (Å²) in [6.07, 6.45) is 0.944. The van der Waals surface area contributed by atoms with Gasteiger partial charge in [-0.25, -0.2) is 9.59 Å². The van der Waals surface area contributed by atoms with Gasteiger partial charge in [-0.15, -0.1) is 11.3 Å². The van der Waals surface area contributed by atoms with Crippen molar-refractivity contribution >= 4 is 28.3 Å². The Hall–Kier alpha value is -2.07. The fraction of sp³-hybridized carbons (Fsp3) is 0.300. The lowest BCUT2D eigenvalue weighted by Gasteiger charge is -2.05. The number of carboxylic acids is 1. The van der Waals surface area contributed by atoms with Crippen molar-refractivity contribution in [2.24, 2.45) is 0 Å². The Bertz CT molecular complexity index is 450. The fourth-order valence-electron chi connectivity index (χ4n) is 1.09. The maximum atomic E-state index is 11.4. The molecule has 0 radical (unpaired) electrons. The van der Waals surface area contributed by atoms with Crippen LogP contribution >= 0.6 is 11.3 Å². The standard InChI is InChI=1S/C10H11N3O3S/c11-4-1-2-5-12-10(16)13-8-7(9(14)15)3-6-17-8/h3,6H,1-2,5H2,(H,14,15)(H2,12,13,16). The number of hydrogen-bond donors (Lipinski definition) is 3. The van der Waals surface area contributed by atoms with Crippen LogP contribution in [0.2, 0.25) is 0 Å². The molecule has 0 unspecified atom stereocenters. The molecule has 0 aliphatic rings. The van der Waals surface area contributed by atoms with Crippen molar-refractivity contribution in [2.75, 3.05) is 11.9 Å². The van der Waals surface area contributed by atoms with Crippen LogP contribution in [0.4, 0.5) is 9.80 Å². The van der Waals surface area contributed by atoms with Crippen molar-refractivity contribution in [3.05, 3.63) is 17.0 Å². The van der Waals surface area contributed by atoms with Crippen molar-refractivity contribution in [3.63, 3.8) is 0 Å². The van der Waals surface area contributed by atoms with Gasteiger partial charge in [0.2, 0.25) is 0 Å². The van der Waals surface area contributed by atoms with E-state index in [1.54, 1.807) is 5.38 Å². The molecule has 0 spiro atoms. The molecule has 0 bridgehead atoms. The summed E-state index contributed by atoms with van der Waals surface area (Å²) in [4.78, 5) is 22.1. The molecule has 0 saturated carbocycles. The minimum absolute atomic E-state index is 0.0715. The maximum Gasteiger partial charge on any atom is 0.338 e. The Morgan fingerprint density at radius 2 is 2.29 bits per heavy atom. The van der Waals surface area contributed by atoms with E-state index in [2.05, 4.69) is 10.6 Å². The zero-order valence-electron chi connectivity index (χ0n) is 8.90. The molecule has 2 amide bonds. The summed E-state index contributed by atoms with van der Waals surface area (Å²) < 4.78 is 0. The molecule has 1 aromatic rings. The highest BCUT2D eigenvalue weighted by Gasteiger charge is 2.13. The summed E-state index contributed by atoms with van der Waals surface area (Å²) >= 11 is 1.14. The molecule has 0 aliphatic heterocycles. The third-order valence-electron chi connectivity index (χ3n) is 1.87. The summed E-state index contributed by atoms with van der Waals surface area (Å²) in [5.74, 6) is -1.08. The van der Waals surface area contributed by atoms with Crippen molar-refractivity contribution in [1.82, 2.24) is 5.32 Å². The Kier molecular flexibility index (Phi) is 4.97. The van der Waals surface area contributed by atoms with E-state index in [0.29, 0.717) is 24.4 Å². The van der Waals surface area contributed by atoms with Crippen LogP contribution in [0.3, 0.4) is 0 Å². The van der Waals surface area contributed by atoms with Crippen molar-refractivity contribution in [1.29, 1.82) is 5.26 Å². The van der Waals surface area contributed by atoms with E-state index in [-0.39, 0.29) is 5.56 Å². The van der Waals surface area contributed by atoms with Gasteiger partial charge < -0.3 is 10.4 Å². The molecular formula is C10H11N3O3S. The van der Waals surface area contributed by atoms with Crippen LogP contribution in [-0.2, 0) is 0 Å². The molecule has 0 aliphatic carbocycles. The van der Waals surface area contributed by atoms with Gasteiger partial charge in [-0.1, -0.05) is 0 Å². The molecule has 0 atom stereocenters. The van der Waals surface area contributed by atoms with Gasteiger partial charge in [0, 0.05) is 13.0 Å². The number of anilines is 1.